The van der Waals surface area contributed by atoms with Gasteiger partial charge in [-0.1, -0.05) is 24.3 Å². The van der Waals surface area contributed by atoms with Gasteiger partial charge in [-0.2, -0.15) is 0 Å². The molecule has 1 fully saturated rings. The van der Waals surface area contributed by atoms with Gasteiger partial charge in [0.25, 0.3) is 0 Å². The van der Waals surface area contributed by atoms with Gasteiger partial charge < -0.3 is 10.4 Å². The Bertz CT molecular complexity index is 377. The van der Waals surface area contributed by atoms with E-state index >= 15 is 0 Å². The summed E-state index contributed by atoms with van der Waals surface area (Å²) in [5.74, 6) is 0. The van der Waals surface area contributed by atoms with E-state index in [0.29, 0.717) is 18.1 Å². The van der Waals surface area contributed by atoms with Crippen LogP contribution in [0, 0.1) is 5.41 Å². The Labute approximate surface area is 90.3 Å². The second-order valence-electron chi connectivity index (χ2n) is 4.85. The van der Waals surface area contributed by atoms with Gasteiger partial charge in [0.05, 0.1) is 0 Å². The molecule has 1 aromatic carbocycles. The molecular weight excluding hydrogens is 186 g/mol. The first kappa shape index (κ1) is 9.37. The van der Waals surface area contributed by atoms with Gasteiger partial charge in [0.15, 0.2) is 0 Å². The lowest BCUT2D eigenvalue weighted by Gasteiger charge is -2.28. The molecule has 1 aromatic rings. The highest BCUT2D eigenvalue weighted by atomic mass is 16.3. The Morgan fingerprint density at radius 2 is 2.27 bits per heavy atom. The average Bonchev–Trinajstić information content (AvgIpc) is 2.73. The highest BCUT2D eigenvalue weighted by molar-refractivity contribution is 5.39. The average molecular weight is 203 g/mol. The molecule has 2 atom stereocenters. The zero-order valence-electron chi connectivity index (χ0n) is 8.87. The van der Waals surface area contributed by atoms with Gasteiger partial charge in [-0.15, -0.1) is 0 Å². The van der Waals surface area contributed by atoms with Crippen molar-refractivity contribution in [1.29, 1.82) is 0 Å². The molecule has 2 nitrogen and oxygen atoms in total. The normalized spacial score (nSPS) is 32.7. The quantitative estimate of drug-likeness (QED) is 0.766. The van der Waals surface area contributed by atoms with Crippen LogP contribution >= 0.6 is 0 Å². The number of hydrogen-bond acceptors (Lipinski definition) is 2. The predicted octanol–water partition coefficient (Wildman–Crippen LogP) is 1.65. The SMILES string of the molecule is OCC[C@@]12CCN[C@@H]1c1ccccc1C2. The van der Waals surface area contributed by atoms with Crippen molar-refractivity contribution >= 4 is 0 Å². The van der Waals surface area contributed by atoms with E-state index in [0.717, 1.165) is 19.4 Å². The Morgan fingerprint density at radius 3 is 3.13 bits per heavy atom. The van der Waals surface area contributed by atoms with Gasteiger partial charge >= 0.3 is 0 Å². The molecule has 0 bridgehead atoms. The van der Waals surface area contributed by atoms with Crippen LogP contribution in [-0.2, 0) is 6.42 Å². The van der Waals surface area contributed by atoms with Crippen LogP contribution in [-0.4, -0.2) is 18.3 Å². The van der Waals surface area contributed by atoms with Crippen LogP contribution in [0.25, 0.3) is 0 Å². The van der Waals surface area contributed by atoms with Gasteiger partial charge in [0.1, 0.15) is 0 Å². The number of hydrogen-bond donors (Lipinski definition) is 2. The van der Waals surface area contributed by atoms with E-state index in [4.69, 9.17) is 0 Å². The van der Waals surface area contributed by atoms with Crippen molar-refractivity contribution in [2.75, 3.05) is 13.2 Å². The van der Waals surface area contributed by atoms with Crippen LogP contribution in [0.2, 0.25) is 0 Å². The topological polar surface area (TPSA) is 32.3 Å². The van der Waals surface area contributed by atoms with E-state index in [1.807, 2.05) is 0 Å². The summed E-state index contributed by atoms with van der Waals surface area (Å²) >= 11 is 0. The van der Waals surface area contributed by atoms with E-state index in [1.54, 1.807) is 0 Å². The molecule has 0 amide bonds. The molecular formula is C13H17NO. The number of aliphatic hydroxyl groups is 1. The van der Waals surface area contributed by atoms with E-state index < -0.39 is 0 Å². The van der Waals surface area contributed by atoms with Crippen molar-refractivity contribution in [3.63, 3.8) is 0 Å². The van der Waals surface area contributed by atoms with Crippen LogP contribution in [0.15, 0.2) is 24.3 Å². The molecule has 0 spiro atoms. The molecule has 1 saturated heterocycles. The first-order chi connectivity index (χ1) is 7.36. The number of aliphatic hydroxyl groups excluding tert-OH is 1. The van der Waals surface area contributed by atoms with Crippen molar-refractivity contribution in [3.05, 3.63) is 35.4 Å². The Hall–Kier alpha value is -0.860. The summed E-state index contributed by atoms with van der Waals surface area (Å²) in [6.45, 7) is 1.41. The van der Waals surface area contributed by atoms with Crippen LogP contribution in [0.1, 0.15) is 30.0 Å². The summed E-state index contributed by atoms with van der Waals surface area (Å²) in [4.78, 5) is 0. The minimum atomic E-state index is 0.304. The number of benzene rings is 1. The molecule has 80 valence electrons. The number of nitrogens with one attached hydrogen (secondary N) is 1. The Kier molecular flexibility index (Phi) is 2.08. The van der Waals surface area contributed by atoms with Crippen LogP contribution < -0.4 is 5.32 Å². The summed E-state index contributed by atoms with van der Waals surface area (Å²) in [5.41, 5.74) is 3.24. The summed E-state index contributed by atoms with van der Waals surface area (Å²) in [7, 11) is 0. The standard InChI is InChI=1S/C13H17NO/c15-8-6-13-5-7-14-12(13)11-4-2-1-3-10(11)9-13/h1-4,12,14-15H,5-9H2/t12-,13-/m1/s1. The number of rotatable bonds is 2. The maximum atomic E-state index is 9.22. The summed E-state index contributed by atoms with van der Waals surface area (Å²) in [6.07, 6.45) is 3.27. The predicted molar refractivity (Wildman–Crippen MR) is 59.6 cm³/mol. The highest BCUT2D eigenvalue weighted by Crippen LogP contribution is 2.52. The smallest absolute Gasteiger partial charge is 0.0437 e. The van der Waals surface area contributed by atoms with Crippen molar-refractivity contribution in [1.82, 2.24) is 5.32 Å². The molecule has 1 aliphatic carbocycles. The third-order valence-electron chi connectivity index (χ3n) is 4.10. The monoisotopic (exact) mass is 203 g/mol. The van der Waals surface area contributed by atoms with Gasteiger partial charge in [0.2, 0.25) is 0 Å². The highest BCUT2D eigenvalue weighted by Gasteiger charge is 2.48. The summed E-state index contributed by atoms with van der Waals surface area (Å²) < 4.78 is 0. The van der Waals surface area contributed by atoms with Gasteiger partial charge in [0, 0.05) is 12.6 Å². The second-order valence-corrected chi connectivity index (χ2v) is 4.85. The largest absolute Gasteiger partial charge is 0.396 e. The third kappa shape index (κ3) is 1.25. The first-order valence-electron chi connectivity index (χ1n) is 5.78. The summed E-state index contributed by atoms with van der Waals surface area (Å²) in [6, 6.07) is 9.19. The lowest BCUT2D eigenvalue weighted by atomic mass is 9.78. The summed E-state index contributed by atoms with van der Waals surface area (Å²) in [5, 5.41) is 12.8. The van der Waals surface area contributed by atoms with Crippen LogP contribution in [0.5, 0.6) is 0 Å². The molecule has 2 heteroatoms. The fraction of sp³-hybridized carbons (Fsp3) is 0.538. The maximum Gasteiger partial charge on any atom is 0.0437 e. The first-order valence-corrected chi connectivity index (χ1v) is 5.78. The molecule has 0 aromatic heterocycles. The zero-order chi connectivity index (χ0) is 10.3. The zero-order valence-corrected chi connectivity index (χ0v) is 8.87. The van der Waals surface area contributed by atoms with Crippen LogP contribution in [0.4, 0.5) is 0 Å². The lowest BCUT2D eigenvalue weighted by molar-refractivity contribution is 0.174. The molecule has 1 heterocycles. The van der Waals surface area contributed by atoms with Crippen LogP contribution in [0.3, 0.4) is 0 Å². The Balaban J connectivity index is 2.01. The molecule has 0 unspecified atom stereocenters. The minimum absolute atomic E-state index is 0.304. The van der Waals surface area contributed by atoms with Crippen molar-refractivity contribution in [2.24, 2.45) is 5.41 Å². The fourth-order valence-electron chi connectivity index (χ4n) is 3.39. The van der Waals surface area contributed by atoms with E-state index in [-0.39, 0.29) is 0 Å². The van der Waals surface area contributed by atoms with Gasteiger partial charge in [-0.05, 0) is 42.3 Å². The molecule has 1 aliphatic heterocycles. The molecule has 2 aliphatic rings. The third-order valence-corrected chi connectivity index (χ3v) is 4.10. The molecule has 0 radical (unpaired) electrons. The molecule has 15 heavy (non-hydrogen) atoms. The maximum absolute atomic E-state index is 9.22. The van der Waals surface area contributed by atoms with E-state index in [9.17, 15) is 5.11 Å². The second kappa shape index (κ2) is 3.32. The van der Waals surface area contributed by atoms with E-state index in [2.05, 4.69) is 29.6 Å². The van der Waals surface area contributed by atoms with Crippen molar-refractivity contribution < 1.29 is 5.11 Å². The minimum Gasteiger partial charge on any atom is -0.396 e. The Morgan fingerprint density at radius 1 is 1.40 bits per heavy atom. The number of fused-ring (bicyclic) bond motifs is 3. The van der Waals surface area contributed by atoms with Gasteiger partial charge in [-0.3, -0.25) is 0 Å². The van der Waals surface area contributed by atoms with E-state index in [1.165, 1.54) is 17.5 Å². The van der Waals surface area contributed by atoms with Crippen molar-refractivity contribution in [2.45, 2.75) is 25.3 Å². The molecule has 2 N–H and O–H groups in total. The molecule has 3 rings (SSSR count). The fourth-order valence-corrected chi connectivity index (χ4v) is 3.39. The molecule has 0 saturated carbocycles. The van der Waals surface area contributed by atoms with Crippen molar-refractivity contribution in [3.8, 4) is 0 Å². The lowest BCUT2D eigenvalue weighted by Crippen LogP contribution is -2.26. The van der Waals surface area contributed by atoms with Gasteiger partial charge in [-0.25, -0.2) is 0 Å².